The van der Waals surface area contributed by atoms with Crippen molar-refractivity contribution in [1.82, 2.24) is 30.9 Å². The highest BCUT2D eigenvalue weighted by atomic mass is 16.2. The molecule has 0 aliphatic rings. The number of nitrogens with one attached hydrogen (secondary N) is 6. The lowest BCUT2D eigenvalue weighted by Gasteiger charge is -2.30. The molecule has 0 unspecified atom stereocenters. The maximum Gasteiger partial charge on any atom is 0.225 e. The number of Topliss-reactive ketones (excluding diaryl/α,β-unsaturated/α-hetero) is 3. The molecule has 3 aromatic heterocycles. The largest absolute Gasteiger partial charge is 0.397 e. The molecule has 0 bridgehead atoms. The monoisotopic (exact) mass is 1150 g/mol. The Kier molecular flexibility index (Phi) is 19.9. The molecule has 440 valence electrons. The Morgan fingerprint density at radius 2 is 0.671 bits per heavy atom. The Morgan fingerprint density at radius 3 is 0.941 bits per heavy atom. The Balaban J connectivity index is 1.03. The van der Waals surface area contributed by atoms with E-state index in [1.807, 2.05) is 72.8 Å². The quantitative estimate of drug-likeness (QED) is 0.0114. The van der Waals surface area contributed by atoms with Gasteiger partial charge in [-0.05, 0) is 167 Å². The molecule has 3 atom stereocenters. The van der Waals surface area contributed by atoms with Gasteiger partial charge in [0.05, 0.1) is 71.5 Å². The summed E-state index contributed by atoms with van der Waals surface area (Å²) in [4.78, 5) is 96.0. The molecule has 3 heterocycles. The summed E-state index contributed by atoms with van der Waals surface area (Å²) in [5.74, 6) is -2.06. The van der Waals surface area contributed by atoms with Gasteiger partial charge in [-0.15, -0.1) is 0 Å². The molecule has 0 aliphatic carbocycles. The Morgan fingerprint density at radius 1 is 0.388 bits per heavy atom. The predicted octanol–water partition coefficient (Wildman–Crippen LogP) is 8.46. The van der Waals surface area contributed by atoms with Crippen molar-refractivity contribution in [2.45, 2.75) is 95.2 Å². The zero-order valence-electron chi connectivity index (χ0n) is 47.6. The van der Waals surface area contributed by atoms with Crippen LogP contribution in [0.3, 0.4) is 0 Å². The van der Waals surface area contributed by atoms with Gasteiger partial charge in [0.1, 0.15) is 0 Å². The van der Waals surface area contributed by atoms with E-state index in [1.165, 1.54) is 18.2 Å². The number of carbonyl (C=O) groups is 6. The normalized spacial score (nSPS) is 12.5. The first-order valence-corrected chi connectivity index (χ1v) is 29.0. The average molecular weight is 1150 g/mol. The Labute approximate surface area is 493 Å². The second kappa shape index (κ2) is 28.1. The number of aromatic amines is 3. The number of nitrogen functional groups attached to an aromatic ring is 3. The lowest BCUT2D eigenvalue weighted by atomic mass is 9.96. The van der Waals surface area contributed by atoms with Gasteiger partial charge < -0.3 is 70.2 Å². The van der Waals surface area contributed by atoms with Gasteiger partial charge in [0.2, 0.25) is 17.7 Å². The first-order valence-electron chi connectivity index (χ1n) is 29.0. The number of aromatic nitrogens is 3. The number of hydrogen-bond acceptors (Lipinski definition) is 13. The molecule has 3 amide bonds. The molecule has 0 saturated carbocycles. The SMILES string of the molecule is NCCCC[C@@H](NC(=O)Cc1c[nH]c2ccccc12)C(=O)c1ccc(N(c2ccc(C(=O)[C@@H](CCCCN)NC(=O)Cc3c[nH]c4ccccc34)cc2N)c2ccc(C(=O)[C@@H](CCCCN)NC(=O)Cc3c[nH]c4ccccc34)cc2N)c(N)c1. The molecule has 6 aromatic carbocycles. The van der Waals surface area contributed by atoms with Gasteiger partial charge in [-0.3, -0.25) is 28.8 Å². The van der Waals surface area contributed by atoms with Crippen LogP contribution in [0.2, 0.25) is 0 Å². The number of ketones is 3. The van der Waals surface area contributed by atoms with Crippen LogP contribution in [0.5, 0.6) is 0 Å². The van der Waals surface area contributed by atoms with E-state index in [0.29, 0.717) is 94.5 Å². The van der Waals surface area contributed by atoms with Crippen molar-refractivity contribution in [2.75, 3.05) is 41.7 Å². The van der Waals surface area contributed by atoms with Crippen LogP contribution in [-0.4, -0.2) is 87.8 Å². The fraction of sp³-hybridized carbons (Fsp3) is 0.273. The summed E-state index contributed by atoms with van der Waals surface area (Å²) in [6, 6.07) is 34.7. The molecule has 19 nitrogen and oxygen atoms in total. The number of para-hydroxylation sites is 3. The summed E-state index contributed by atoms with van der Waals surface area (Å²) in [5, 5.41) is 11.7. The summed E-state index contributed by atoms with van der Waals surface area (Å²) in [6.07, 6.45) is 10.2. The van der Waals surface area contributed by atoms with Crippen molar-refractivity contribution in [2.24, 2.45) is 17.2 Å². The highest BCUT2D eigenvalue weighted by Gasteiger charge is 2.29. The number of H-pyrrole nitrogens is 3. The van der Waals surface area contributed by atoms with Gasteiger partial charge in [-0.1, -0.05) is 54.6 Å². The lowest BCUT2D eigenvalue weighted by Crippen LogP contribution is -2.41. The third-order valence-electron chi connectivity index (χ3n) is 15.5. The Hall–Kier alpha value is -9.56. The number of hydrogen-bond donors (Lipinski definition) is 12. The number of benzene rings is 6. The predicted molar refractivity (Wildman–Crippen MR) is 338 cm³/mol. The third kappa shape index (κ3) is 14.4. The van der Waals surface area contributed by atoms with Crippen LogP contribution >= 0.6 is 0 Å². The van der Waals surface area contributed by atoms with Crippen molar-refractivity contribution in [3.8, 4) is 0 Å². The number of unbranched alkanes of at least 4 members (excludes halogenated alkanes) is 3. The molecule has 0 fully saturated rings. The number of amides is 3. The molecule has 0 radical (unpaired) electrons. The number of fused-ring (bicyclic) bond motifs is 3. The van der Waals surface area contributed by atoms with E-state index >= 15 is 0 Å². The Bertz CT molecular complexity index is 3470. The maximum atomic E-state index is 14.6. The number of nitrogens with zero attached hydrogens (tertiary/aromatic N) is 1. The average Bonchev–Trinajstić information content (AvgIpc) is 3.97. The zero-order chi connectivity index (χ0) is 60.0. The van der Waals surface area contributed by atoms with Gasteiger partial charge in [-0.2, -0.15) is 0 Å². The van der Waals surface area contributed by atoms with Crippen LogP contribution in [0.25, 0.3) is 32.7 Å². The van der Waals surface area contributed by atoms with E-state index in [1.54, 1.807) is 59.9 Å². The highest BCUT2D eigenvalue weighted by Crippen LogP contribution is 2.44. The van der Waals surface area contributed by atoms with Crippen LogP contribution in [0, 0.1) is 0 Å². The van der Waals surface area contributed by atoms with Gasteiger partial charge in [0, 0.05) is 68.0 Å². The van der Waals surface area contributed by atoms with Crippen molar-refractivity contribution >= 4 is 102 Å². The fourth-order valence-electron chi connectivity index (χ4n) is 11.1. The molecule has 9 aromatic rings. The van der Waals surface area contributed by atoms with Gasteiger partial charge in [0.15, 0.2) is 17.3 Å². The zero-order valence-corrected chi connectivity index (χ0v) is 47.6. The van der Waals surface area contributed by atoms with Crippen LogP contribution in [0.1, 0.15) is 106 Å². The first-order chi connectivity index (χ1) is 41.2. The standard InChI is InChI=1S/C66H75N13O6/c67-28-10-7-19-55(76-61(80)34-43-37-73-52-16-4-1-13-46(43)52)64(83)40-22-25-58(49(70)31-40)79(59-26-23-41(32-50(59)71)65(84)56(20-8-11-29-68)77-62(81)35-44-38-74-53-17-5-2-14-47(44)53)60-27-24-42(33-51(60)72)66(85)57(21-9-12-30-69)78-63(82)36-45-39-75-54-18-6-3-15-48(45)54/h1-6,13-18,22-27,31-33,37-39,55-57,73-75H,7-12,19-21,28-30,34-36,67-72H2,(H,76,80)(H,77,81)(H,78,82)/t55-,56-,57-/m1/s1. The van der Waals surface area contributed by atoms with Crippen LogP contribution in [0.4, 0.5) is 34.1 Å². The molecule has 18 N–H and O–H groups in total. The minimum atomic E-state index is -0.901. The fourth-order valence-corrected chi connectivity index (χ4v) is 11.1. The second-order valence-corrected chi connectivity index (χ2v) is 21.6. The molecule has 0 saturated heterocycles. The van der Waals surface area contributed by atoms with Crippen molar-refractivity contribution in [1.29, 1.82) is 0 Å². The van der Waals surface area contributed by atoms with Crippen molar-refractivity contribution in [3.63, 3.8) is 0 Å². The summed E-state index contributed by atoms with van der Waals surface area (Å²) >= 11 is 0. The topological polar surface area (TPSA) is 345 Å². The maximum absolute atomic E-state index is 14.6. The summed E-state index contributed by atoms with van der Waals surface area (Å²) in [7, 11) is 0. The van der Waals surface area contributed by atoms with E-state index in [2.05, 4.69) is 30.9 Å². The smallest absolute Gasteiger partial charge is 0.225 e. The summed E-state index contributed by atoms with van der Waals surface area (Å²) < 4.78 is 0. The van der Waals surface area contributed by atoms with Crippen LogP contribution in [0.15, 0.2) is 146 Å². The van der Waals surface area contributed by atoms with E-state index in [9.17, 15) is 28.8 Å². The van der Waals surface area contributed by atoms with Gasteiger partial charge in [0.25, 0.3) is 0 Å². The van der Waals surface area contributed by atoms with Crippen LogP contribution in [-0.2, 0) is 33.6 Å². The van der Waals surface area contributed by atoms with Gasteiger partial charge >= 0.3 is 0 Å². The number of nitrogens with two attached hydrogens (primary N) is 6. The third-order valence-corrected chi connectivity index (χ3v) is 15.5. The number of carbonyl (C=O) groups excluding carboxylic acids is 6. The molecular weight excluding hydrogens is 1070 g/mol. The second-order valence-electron chi connectivity index (χ2n) is 21.6. The van der Waals surface area contributed by atoms with Crippen LogP contribution < -0.4 is 55.3 Å². The van der Waals surface area contributed by atoms with E-state index in [4.69, 9.17) is 34.4 Å². The molecule has 85 heavy (non-hydrogen) atoms. The lowest BCUT2D eigenvalue weighted by molar-refractivity contribution is -0.121. The minimum Gasteiger partial charge on any atom is -0.397 e. The molecule has 9 rings (SSSR count). The molecular formula is C66H75N13O6. The summed E-state index contributed by atoms with van der Waals surface area (Å²) in [6.45, 7) is 1.24. The number of anilines is 6. The molecule has 19 heteroatoms. The minimum absolute atomic E-state index is 0.0447. The molecule has 0 aliphatic heterocycles. The summed E-state index contributed by atoms with van der Waals surface area (Å²) in [5.41, 5.74) is 45.8. The molecule has 0 spiro atoms. The first kappa shape index (κ1) is 60.0. The van der Waals surface area contributed by atoms with Crippen molar-refractivity contribution in [3.05, 3.63) is 179 Å². The van der Waals surface area contributed by atoms with E-state index in [-0.39, 0.29) is 88.1 Å². The van der Waals surface area contributed by atoms with Crippen molar-refractivity contribution < 1.29 is 28.8 Å². The van der Waals surface area contributed by atoms with E-state index in [0.717, 1.165) is 49.4 Å². The number of rotatable bonds is 30. The highest BCUT2D eigenvalue weighted by molar-refractivity contribution is 6.08. The van der Waals surface area contributed by atoms with E-state index < -0.39 is 18.1 Å². The van der Waals surface area contributed by atoms with Gasteiger partial charge in [-0.25, -0.2) is 0 Å².